The van der Waals surface area contributed by atoms with Crippen LogP contribution in [0.5, 0.6) is 5.75 Å². The molecule has 0 radical (unpaired) electrons. The first-order valence-corrected chi connectivity index (χ1v) is 8.14. The molecule has 1 aliphatic carbocycles. The Hall–Kier alpha value is -0.730. The van der Waals surface area contributed by atoms with Gasteiger partial charge in [-0.15, -0.1) is 0 Å². The lowest BCUT2D eigenvalue weighted by Gasteiger charge is -2.27. The zero-order chi connectivity index (χ0) is 14.5. The van der Waals surface area contributed by atoms with Gasteiger partial charge >= 0.3 is 0 Å². The summed E-state index contributed by atoms with van der Waals surface area (Å²) in [6.07, 6.45) is 5.25. The van der Waals surface area contributed by atoms with Crippen molar-refractivity contribution in [2.45, 2.75) is 45.6 Å². The molecule has 1 aromatic carbocycles. The standard InChI is InChI=1S/C17H26ClNO/c1-4-12-6-7-13(10-12)17(19-5-2)15-11-14(18)8-9-16(15)20-3/h8-9,11-13,17,19H,4-7,10H2,1-3H3. The van der Waals surface area contributed by atoms with Crippen LogP contribution in [0.1, 0.15) is 51.1 Å². The van der Waals surface area contributed by atoms with Crippen molar-refractivity contribution in [2.24, 2.45) is 11.8 Å². The average Bonchev–Trinajstić information content (AvgIpc) is 2.93. The van der Waals surface area contributed by atoms with Crippen molar-refractivity contribution in [3.8, 4) is 5.75 Å². The minimum Gasteiger partial charge on any atom is -0.496 e. The zero-order valence-electron chi connectivity index (χ0n) is 12.8. The summed E-state index contributed by atoms with van der Waals surface area (Å²) in [6.45, 7) is 5.43. The van der Waals surface area contributed by atoms with Crippen LogP contribution in [0.2, 0.25) is 5.02 Å². The molecule has 3 heteroatoms. The lowest BCUT2D eigenvalue weighted by atomic mass is 9.89. The summed E-state index contributed by atoms with van der Waals surface area (Å²) in [7, 11) is 1.74. The van der Waals surface area contributed by atoms with Crippen LogP contribution in [0.25, 0.3) is 0 Å². The summed E-state index contributed by atoms with van der Waals surface area (Å²) in [5.74, 6) is 2.51. The Labute approximate surface area is 127 Å². The van der Waals surface area contributed by atoms with Gasteiger partial charge in [0.05, 0.1) is 7.11 Å². The third kappa shape index (κ3) is 3.48. The molecule has 20 heavy (non-hydrogen) atoms. The first-order valence-electron chi connectivity index (χ1n) is 7.76. The molecule has 1 aliphatic rings. The third-order valence-corrected chi connectivity index (χ3v) is 4.82. The Balaban J connectivity index is 2.26. The Morgan fingerprint density at radius 3 is 2.75 bits per heavy atom. The first-order chi connectivity index (χ1) is 9.69. The van der Waals surface area contributed by atoms with E-state index in [1.807, 2.05) is 12.1 Å². The fourth-order valence-electron chi connectivity index (χ4n) is 3.49. The van der Waals surface area contributed by atoms with Crippen molar-refractivity contribution in [1.82, 2.24) is 5.32 Å². The summed E-state index contributed by atoms with van der Waals surface area (Å²) in [5.41, 5.74) is 1.21. The fraction of sp³-hybridized carbons (Fsp3) is 0.647. The molecule has 1 aromatic rings. The fourth-order valence-corrected chi connectivity index (χ4v) is 3.67. The van der Waals surface area contributed by atoms with Crippen molar-refractivity contribution >= 4 is 11.6 Å². The zero-order valence-corrected chi connectivity index (χ0v) is 13.5. The maximum atomic E-state index is 6.20. The SMILES string of the molecule is CCNC(c1cc(Cl)ccc1OC)C1CCC(CC)C1. The monoisotopic (exact) mass is 295 g/mol. The Morgan fingerprint density at radius 2 is 2.15 bits per heavy atom. The highest BCUT2D eigenvalue weighted by atomic mass is 35.5. The van der Waals surface area contributed by atoms with Gasteiger partial charge in [-0.25, -0.2) is 0 Å². The molecular formula is C17H26ClNO. The van der Waals surface area contributed by atoms with Crippen LogP contribution in [-0.2, 0) is 0 Å². The van der Waals surface area contributed by atoms with Crippen LogP contribution in [0.15, 0.2) is 18.2 Å². The smallest absolute Gasteiger partial charge is 0.123 e. The predicted molar refractivity (Wildman–Crippen MR) is 85.5 cm³/mol. The van der Waals surface area contributed by atoms with Gasteiger partial charge in [-0.05, 0) is 49.4 Å². The van der Waals surface area contributed by atoms with E-state index in [-0.39, 0.29) is 0 Å². The quantitative estimate of drug-likeness (QED) is 0.812. The summed E-state index contributed by atoms with van der Waals surface area (Å²) in [6, 6.07) is 6.29. The average molecular weight is 296 g/mol. The van der Waals surface area contributed by atoms with Crippen molar-refractivity contribution < 1.29 is 4.74 Å². The van der Waals surface area contributed by atoms with E-state index >= 15 is 0 Å². The number of ether oxygens (including phenoxy) is 1. The van der Waals surface area contributed by atoms with Crippen molar-refractivity contribution in [1.29, 1.82) is 0 Å². The van der Waals surface area contributed by atoms with Crippen molar-refractivity contribution in [2.75, 3.05) is 13.7 Å². The molecule has 0 aliphatic heterocycles. The lowest BCUT2D eigenvalue weighted by molar-refractivity contribution is 0.340. The number of rotatable bonds is 6. The summed E-state index contributed by atoms with van der Waals surface area (Å²) < 4.78 is 5.54. The Morgan fingerprint density at radius 1 is 1.35 bits per heavy atom. The van der Waals surface area contributed by atoms with Crippen LogP contribution < -0.4 is 10.1 Å². The molecule has 0 heterocycles. The molecule has 1 N–H and O–H groups in total. The van der Waals surface area contributed by atoms with Crippen molar-refractivity contribution in [3.05, 3.63) is 28.8 Å². The molecule has 1 fully saturated rings. The topological polar surface area (TPSA) is 21.3 Å². The molecule has 0 bridgehead atoms. The molecule has 3 atom stereocenters. The number of halogens is 1. The van der Waals surface area contributed by atoms with Crippen LogP contribution in [-0.4, -0.2) is 13.7 Å². The first kappa shape index (κ1) is 15.7. The molecule has 3 unspecified atom stereocenters. The van der Waals surface area contributed by atoms with Gasteiger partial charge in [0, 0.05) is 16.6 Å². The van der Waals surface area contributed by atoms with Gasteiger partial charge in [-0.2, -0.15) is 0 Å². The van der Waals surface area contributed by atoms with Crippen LogP contribution >= 0.6 is 11.6 Å². The Bertz CT molecular complexity index is 435. The second kappa shape index (κ2) is 7.33. The molecular weight excluding hydrogens is 270 g/mol. The van der Waals surface area contributed by atoms with Gasteiger partial charge < -0.3 is 10.1 Å². The largest absolute Gasteiger partial charge is 0.496 e. The van der Waals surface area contributed by atoms with E-state index in [2.05, 4.69) is 25.2 Å². The van der Waals surface area contributed by atoms with E-state index in [1.165, 1.54) is 31.2 Å². The minimum atomic E-state index is 0.352. The summed E-state index contributed by atoms with van der Waals surface area (Å²) >= 11 is 6.20. The second-order valence-corrected chi connectivity index (χ2v) is 6.21. The van der Waals surface area contributed by atoms with E-state index in [0.717, 1.165) is 23.2 Å². The molecule has 0 saturated heterocycles. The number of nitrogens with one attached hydrogen (secondary N) is 1. The van der Waals surface area contributed by atoms with Gasteiger partial charge in [-0.1, -0.05) is 38.3 Å². The van der Waals surface area contributed by atoms with Gasteiger partial charge in [0.2, 0.25) is 0 Å². The van der Waals surface area contributed by atoms with Crippen LogP contribution in [0.4, 0.5) is 0 Å². The lowest BCUT2D eigenvalue weighted by Crippen LogP contribution is -2.27. The number of benzene rings is 1. The molecule has 0 aromatic heterocycles. The van der Waals surface area contributed by atoms with E-state index < -0.39 is 0 Å². The highest BCUT2D eigenvalue weighted by molar-refractivity contribution is 6.30. The highest BCUT2D eigenvalue weighted by Gasteiger charge is 2.32. The maximum absolute atomic E-state index is 6.20. The summed E-state index contributed by atoms with van der Waals surface area (Å²) in [5, 5.41) is 4.43. The number of hydrogen-bond donors (Lipinski definition) is 1. The second-order valence-electron chi connectivity index (χ2n) is 5.77. The third-order valence-electron chi connectivity index (χ3n) is 4.58. The van der Waals surface area contributed by atoms with Crippen LogP contribution in [0, 0.1) is 11.8 Å². The van der Waals surface area contributed by atoms with Crippen molar-refractivity contribution in [3.63, 3.8) is 0 Å². The normalized spacial score (nSPS) is 23.8. The van der Waals surface area contributed by atoms with E-state index in [1.54, 1.807) is 7.11 Å². The van der Waals surface area contributed by atoms with Gasteiger partial charge in [0.1, 0.15) is 5.75 Å². The van der Waals surface area contributed by atoms with Crippen LogP contribution in [0.3, 0.4) is 0 Å². The Kier molecular flexibility index (Phi) is 5.74. The van der Waals surface area contributed by atoms with E-state index in [0.29, 0.717) is 12.0 Å². The van der Waals surface area contributed by atoms with Gasteiger partial charge in [-0.3, -0.25) is 0 Å². The predicted octanol–water partition coefficient (Wildman–Crippen LogP) is 4.83. The maximum Gasteiger partial charge on any atom is 0.123 e. The van der Waals surface area contributed by atoms with E-state index in [9.17, 15) is 0 Å². The van der Waals surface area contributed by atoms with Gasteiger partial charge in [0.15, 0.2) is 0 Å². The molecule has 2 rings (SSSR count). The minimum absolute atomic E-state index is 0.352. The van der Waals surface area contributed by atoms with E-state index in [4.69, 9.17) is 16.3 Å². The molecule has 112 valence electrons. The molecule has 1 saturated carbocycles. The highest BCUT2D eigenvalue weighted by Crippen LogP contribution is 2.43. The van der Waals surface area contributed by atoms with Gasteiger partial charge in [0.25, 0.3) is 0 Å². The molecule has 0 spiro atoms. The molecule has 0 amide bonds. The summed E-state index contributed by atoms with van der Waals surface area (Å²) in [4.78, 5) is 0. The number of methoxy groups -OCH3 is 1. The number of hydrogen-bond acceptors (Lipinski definition) is 2. The molecule has 2 nitrogen and oxygen atoms in total.